The van der Waals surface area contributed by atoms with Crippen molar-refractivity contribution in [3.05, 3.63) is 68.9 Å². The summed E-state index contributed by atoms with van der Waals surface area (Å²) >= 11 is 0. The number of H-pyrrole nitrogens is 1. The Hall–Kier alpha value is -3.10. The number of rotatable bonds is 6. The summed E-state index contributed by atoms with van der Waals surface area (Å²) in [6, 6.07) is 11.4. The Morgan fingerprint density at radius 2 is 1.86 bits per heavy atom. The van der Waals surface area contributed by atoms with E-state index in [2.05, 4.69) is 23.7 Å². The third kappa shape index (κ3) is 4.36. The van der Waals surface area contributed by atoms with Crippen molar-refractivity contribution in [1.82, 2.24) is 14.5 Å². The second-order valence-electron chi connectivity index (χ2n) is 11.2. The first-order chi connectivity index (χ1) is 17.7. The molecule has 3 unspecified atom stereocenters. The Kier molecular flexibility index (Phi) is 6.66. The Balaban J connectivity index is 1.50. The molecule has 4 atom stereocenters. The second kappa shape index (κ2) is 9.65. The van der Waals surface area contributed by atoms with E-state index in [1.807, 2.05) is 0 Å². The average molecular weight is 508 g/mol. The maximum atomic E-state index is 13.4. The zero-order valence-corrected chi connectivity index (χ0v) is 21.6. The standard InChI is InChI=1S/C29H37N3O5/c1-3-4-14-31-15-13-28(2)18-20(32-26(35)21-7-5-6-8-22(21)30-27(32)36)11-12-29(28,37)25(31)17-19-9-10-23(33)24(34)16-19/h5-10,16,20,25,33-34,37H,3-4,11-15,17-18H2,1-2H3,(H,30,36)/t20?,25-,28?,29?/m1/s1. The van der Waals surface area contributed by atoms with Crippen molar-refractivity contribution in [3.8, 4) is 11.5 Å². The van der Waals surface area contributed by atoms with Gasteiger partial charge in [-0.05, 0) is 81.4 Å². The predicted molar refractivity (Wildman–Crippen MR) is 143 cm³/mol. The number of hydrogen-bond acceptors (Lipinski definition) is 6. The lowest BCUT2D eigenvalue weighted by Crippen LogP contribution is -2.68. The first-order valence-corrected chi connectivity index (χ1v) is 13.4. The molecule has 0 amide bonds. The summed E-state index contributed by atoms with van der Waals surface area (Å²) in [5, 5.41) is 32.8. The van der Waals surface area contributed by atoms with Crippen molar-refractivity contribution in [3.63, 3.8) is 0 Å². The van der Waals surface area contributed by atoms with Gasteiger partial charge in [0.05, 0.1) is 16.5 Å². The van der Waals surface area contributed by atoms with Crippen LogP contribution < -0.4 is 11.2 Å². The van der Waals surface area contributed by atoms with Gasteiger partial charge in [0.15, 0.2) is 11.5 Å². The number of likely N-dealkylation sites (tertiary alicyclic amines) is 1. The molecule has 8 nitrogen and oxygen atoms in total. The number of fused-ring (bicyclic) bond motifs is 2. The van der Waals surface area contributed by atoms with E-state index < -0.39 is 16.7 Å². The van der Waals surface area contributed by atoms with Gasteiger partial charge in [-0.3, -0.25) is 14.3 Å². The van der Waals surface area contributed by atoms with Crippen LogP contribution in [0.15, 0.2) is 52.1 Å². The summed E-state index contributed by atoms with van der Waals surface area (Å²) in [5.41, 5.74) is -0.831. The highest BCUT2D eigenvalue weighted by Crippen LogP contribution is 2.55. The van der Waals surface area contributed by atoms with Crippen LogP contribution in [-0.4, -0.2) is 54.5 Å². The van der Waals surface area contributed by atoms with Gasteiger partial charge in [-0.2, -0.15) is 0 Å². The molecule has 2 fully saturated rings. The summed E-state index contributed by atoms with van der Waals surface area (Å²) in [6.45, 7) is 5.93. The quantitative estimate of drug-likeness (QED) is 0.378. The molecule has 1 aliphatic carbocycles. The van der Waals surface area contributed by atoms with E-state index in [1.54, 1.807) is 36.4 Å². The van der Waals surface area contributed by atoms with Crippen LogP contribution in [0.5, 0.6) is 11.5 Å². The van der Waals surface area contributed by atoms with E-state index in [0.29, 0.717) is 36.6 Å². The van der Waals surface area contributed by atoms with Gasteiger partial charge in [0.2, 0.25) is 0 Å². The number of aromatic hydroxyl groups is 2. The number of nitrogens with zero attached hydrogens (tertiary/aromatic N) is 2. The summed E-state index contributed by atoms with van der Waals surface area (Å²) in [5.74, 6) is -0.327. The number of aliphatic hydroxyl groups is 1. The lowest BCUT2D eigenvalue weighted by Gasteiger charge is -2.60. The minimum Gasteiger partial charge on any atom is -0.504 e. The lowest BCUT2D eigenvalue weighted by molar-refractivity contribution is -0.194. The fraction of sp³-hybridized carbons (Fsp3) is 0.517. The van der Waals surface area contributed by atoms with E-state index in [0.717, 1.165) is 37.9 Å². The predicted octanol–water partition coefficient (Wildman–Crippen LogP) is 3.68. The fourth-order valence-corrected chi connectivity index (χ4v) is 6.80. The molecule has 4 N–H and O–H groups in total. The molecule has 2 aliphatic rings. The van der Waals surface area contributed by atoms with E-state index in [-0.39, 0.29) is 29.1 Å². The number of aromatic nitrogens is 2. The summed E-state index contributed by atoms with van der Waals surface area (Å²) < 4.78 is 1.36. The Bertz CT molecular complexity index is 1410. The number of aromatic amines is 1. The number of benzene rings is 2. The van der Waals surface area contributed by atoms with Gasteiger partial charge >= 0.3 is 5.69 Å². The van der Waals surface area contributed by atoms with Crippen molar-refractivity contribution in [2.75, 3.05) is 13.1 Å². The topological polar surface area (TPSA) is 119 Å². The third-order valence-corrected chi connectivity index (χ3v) is 9.00. The van der Waals surface area contributed by atoms with Crippen LogP contribution in [0, 0.1) is 5.41 Å². The molecule has 0 bridgehead atoms. The molecule has 2 aromatic carbocycles. The van der Waals surface area contributed by atoms with Gasteiger partial charge in [-0.15, -0.1) is 0 Å². The number of phenols is 2. The number of piperidine rings is 1. The molecule has 2 heterocycles. The summed E-state index contributed by atoms with van der Waals surface area (Å²) in [7, 11) is 0. The van der Waals surface area contributed by atoms with Gasteiger partial charge in [-0.1, -0.05) is 38.5 Å². The Morgan fingerprint density at radius 1 is 1.08 bits per heavy atom. The van der Waals surface area contributed by atoms with E-state index in [9.17, 15) is 24.9 Å². The monoisotopic (exact) mass is 507 g/mol. The molecule has 3 aromatic rings. The van der Waals surface area contributed by atoms with Gasteiger partial charge in [0.1, 0.15) is 0 Å². The minimum atomic E-state index is -1.03. The zero-order chi connectivity index (χ0) is 26.4. The van der Waals surface area contributed by atoms with Crippen LogP contribution in [0.25, 0.3) is 10.9 Å². The minimum absolute atomic E-state index is 0.162. The van der Waals surface area contributed by atoms with Crippen molar-refractivity contribution in [2.45, 2.75) is 76.5 Å². The summed E-state index contributed by atoms with van der Waals surface area (Å²) in [4.78, 5) is 31.6. The molecule has 0 radical (unpaired) electrons. The van der Waals surface area contributed by atoms with Crippen LogP contribution in [-0.2, 0) is 6.42 Å². The summed E-state index contributed by atoms with van der Waals surface area (Å²) in [6.07, 6.45) is 4.88. The largest absolute Gasteiger partial charge is 0.504 e. The van der Waals surface area contributed by atoms with E-state index in [1.165, 1.54) is 10.6 Å². The Labute approximate surface area is 216 Å². The van der Waals surface area contributed by atoms with Crippen molar-refractivity contribution in [1.29, 1.82) is 0 Å². The van der Waals surface area contributed by atoms with Crippen molar-refractivity contribution < 1.29 is 15.3 Å². The van der Waals surface area contributed by atoms with Crippen LogP contribution in [0.1, 0.15) is 64.0 Å². The molecule has 37 heavy (non-hydrogen) atoms. The Morgan fingerprint density at radius 3 is 2.62 bits per heavy atom. The molecule has 0 spiro atoms. The molecular formula is C29H37N3O5. The number of phenolic OH excluding ortho intramolecular Hbond substituents is 2. The molecule has 8 heteroatoms. The van der Waals surface area contributed by atoms with Gasteiger partial charge in [0, 0.05) is 17.5 Å². The molecule has 1 aromatic heterocycles. The van der Waals surface area contributed by atoms with E-state index >= 15 is 0 Å². The van der Waals surface area contributed by atoms with Gasteiger partial charge in [0.25, 0.3) is 5.56 Å². The zero-order valence-electron chi connectivity index (χ0n) is 21.6. The van der Waals surface area contributed by atoms with Gasteiger partial charge < -0.3 is 20.3 Å². The number of hydrogen-bond donors (Lipinski definition) is 4. The molecular weight excluding hydrogens is 470 g/mol. The number of unbranched alkanes of at least 4 members (excludes halogenated alkanes) is 1. The highest BCUT2D eigenvalue weighted by molar-refractivity contribution is 5.76. The maximum Gasteiger partial charge on any atom is 0.329 e. The molecule has 1 saturated carbocycles. The lowest BCUT2D eigenvalue weighted by atomic mass is 9.55. The smallest absolute Gasteiger partial charge is 0.329 e. The average Bonchev–Trinajstić information content (AvgIpc) is 2.87. The number of nitrogens with one attached hydrogen (secondary N) is 1. The highest BCUT2D eigenvalue weighted by atomic mass is 16.3. The normalized spacial score (nSPS) is 28.3. The van der Waals surface area contributed by atoms with Crippen LogP contribution >= 0.6 is 0 Å². The highest BCUT2D eigenvalue weighted by Gasteiger charge is 2.59. The fourth-order valence-electron chi connectivity index (χ4n) is 6.80. The maximum absolute atomic E-state index is 13.4. The number of para-hydroxylation sites is 1. The molecule has 5 rings (SSSR count). The first kappa shape index (κ1) is 25.5. The first-order valence-electron chi connectivity index (χ1n) is 13.4. The van der Waals surface area contributed by atoms with Crippen molar-refractivity contribution >= 4 is 10.9 Å². The second-order valence-corrected chi connectivity index (χ2v) is 11.2. The van der Waals surface area contributed by atoms with Crippen LogP contribution in [0.3, 0.4) is 0 Å². The van der Waals surface area contributed by atoms with Gasteiger partial charge in [-0.25, -0.2) is 4.79 Å². The van der Waals surface area contributed by atoms with Crippen LogP contribution in [0.2, 0.25) is 0 Å². The van der Waals surface area contributed by atoms with Crippen molar-refractivity contribution in [2.24, 2.45) is 5.41 Å². The molecule has 1 aliphatic heterocycles. The molecule has 198 valence electrons. The van der Waals surface area contributed by atoms with Crippen LogP contribution in [0.4, 0.5) is 0 Å². The van der Waals surface area contributed by atoms with E-state index in [4.69, 9.17) is 0 Å². The SMILES string of the molecule is CCCCN1CCC2(C)CC(n3c(=O)[nH]c4ccccc4c3=O)CCC2(O)[C@H]1Cc1ccc(O)c(O)c1. The third-order valence-electron chi connectivity index (χ3n) is 9.00. The molecule has 1 saturated heterocycles.